The lowest BCUT2D eigenvalue weighted by molar-refractivity contribution is 0.295. The predicted octanol–water partition coefficient (Wildman–Crippen LogP) is 0.322. The first-order valence-electron chi connectivity index (χ1n) is 2.46. The lowest BCUT2D eigenvalue weighted by Crippen LogP contribution is -2.04. The minimum absolute atomic E-state index is 0.0602. The molecule has 9 heavy (non-hydrogen) atoms. The molecule has 0 aromatic heterocycles. The molecule has 0 radical (unpaired) electrons. The van der Waals surface area contributed by atoms with Crippen LogP contribution in [0.3, 0.4) is 0 Å². The van der Waals surface area contributed by atoms with Crippen LogP contribution in [0.1, 0.15) is 6.42 Å². The van der Waals surface area contributed by atoms with Crippen LogP contribution in [0.15, 0.2) is 0 Å². The summed E-state index contributed by atoms with van der Waals surface area (Å²) in [5.41, 5.74) is 0. The van der Waals surface area contributed by atoms with E-state index in [-0.39, 0.29) is 13.0 Å². The molecule has 0 atom stereocenters. The van der Waals surface area contributed by atoms with Crippen LogP contribution in [0.5, 0.6) is 0 Å². The Labute approximate surface area is 53.9 Å². The summed E-state index contributed by atoms with van der Waals surface area (Å²) in [6.45, 7) is -0.606. The fraction of sp³-hybridized carbons (Fsp3) is 1.00. The molecule has 5 heteroatoms. The van der Waals surface area contributed by atoms with Crippen LogP contribution in [-0.2, 0) is 14.3 Å². The van der Waals surface area contributed by atoms with Gasteiger partial charge in [-0.05, 0) is 0 Å². The maximum Gasteiger partial charge on any atom is 0.264 e. The summed E-state index contributed by atoms with van der Waals surface area (Å²) in [6, 6.07) is 0. The molecular formula is C4H9FO3S. The van der Waals surface area contributed by atoms with Crippen molar-refractivity contribution in [1.29, 1.82) is 0 Å². The van der Waals surface area contributed by atoms with Gasteiger partial charge >= 0.3 is 0 Å². The highest BCUT2D eigenvalue weighted by molar-refractivity contribution is 7.85. The van der Waals surface area contributed by atoms with E-state index in [4.69, 9.17) is 0 Å². The van der Waals surface area contributed by atoms with Gasteiger partial charge in [0.2, 0.25) is 0 Å². The normalized spacial score (nSPS) is 11.8. The molecule has 0 aromatic carbocycles. The Bertz CT molecular complexity index is 151. The summed E-state index contributed by atoms with van der Waals surface area (Å²) in [5, 5.41) is 0. The molecule has 0 bridgehead atoms. The topological polar surface area (TPSA) is 43.4 Å². The Morgan fingerprint density at radius 3 is 2.44 bits per heavy atom. The molecule has 3 nitrogen and oxygen atoms in total. The molecule has 0 fully saturated rings. The summed E-state index contributed by atoms with van der Waals surface area (Å²) >= 11 is 0. The zero-order chi connectivity index (χ0) is 7.33. The molecule has 0 aliphatic heterocycles. The van der Waals surface area contributed by atoms with Crippen LogP contribution in [-0.4, -0.2) is 28.0 Å². The van der Waals surface area contributed by atoms with Crippen LogP contribution in [0.25, 0.3) is 0 Å². The zero-order valence-electron chi connectivity index (χ0n) is 5.13. The van der Waals surface area contributed by atoms with E-state index < -0.39 is 16.8 Å². The third-order valence-corrected chi connectivity index (χ3v) is 1.17. The van der Waals surface area contributed by atoms with Crippen LogP contribution < -0.4 is 0 Å². The molecule has 0 saturated carbocycles. The maximum absolute atomic E-state index is 11.3. The van der Waals surface area contributed by atoms with E-state index in [1.165, 1.54) is 0 Å². The average Bonchev–Trinajstić information content (AvgIpc) is 1.63. The molecule has 0 N–H and O–H groups in total. The summed E-state index contributed by atoms with van der Waals surface area (Å²) < 4.78 is 35.8. The van der Waals surface area contributed by atoms with E-state index in [1.54, 1.807) is 0 Å². The van der Waals surface area contributed by atoms with Crippen molar-refractivity contribution in [2.24, 2.45) is 0 Å². The van der Waals surface area contributed by atoms with Crippen LogP contribution in [0.2, 0.25) is 0 Å². The SMILES string of the molecule is CS(=O)(=O)OCCCF. The molecule has 0 amide bonds. The van der Waals surface area contributed by atoms with Gasteiger partial charge in [-0.2, -0.15) is 8.42 Å². The summed E-state index contributed by atoms with van der Waals surface area (Å²) in [4.78, 5) is 0. The molecule has 0 saturated heterocycles. The number of halogens is 1. The van der Waals surface area contributed by atoms with E-state index in [2.05, 4.69) is 4.18 Å². The lowest BCUT2D eigenvalue weighted by atomic mass is 10.5. The van der Waals surface area contributed by atoms with E-state index in [9.17, 15) is 12.8 Å². The number of hydrogen-bond donors (Lipinski definition) is 0. The van der Waals surface area contributed by atoms with Gasteiger partial charge in [0.15, 0.2) is 0 Å². The fourth-order valence-electron chi connectivity index (χ4n) is 0.265. The Kier molecular flexibility index (Phi) is 3.72. The quantitative estimate of drug-likeness (QED) is 0.435. The minimum atomic E-state index is -3.36. The van der Waals surface area contributed by atoms with Crippen molar-refractivity contribution in [3.05, 3.63) is 0 Å². The third-order valence-electron chi connectivity index (χ3n) is 0.575. The Hall–Kier alpha value is -0.160. The minimum Gasteiger partial charge on any atom is -0.270 e. The van der Waals surface area contributed by atoms with Gasteiger partial charge in [0.25, 0.3) is 10.1 Å². The molecule has 0 heterocycles. The molecule has 0 spiro atoms. The number of alkyl halides is 1. The predicted molar refractivity (Wildman–Crippen MR) is 31.4 cm³/mol. The van der Waals surface area contributed by atoms with Gasteiger partial charge in [-0.25, -0.2) is 0 Å². The van der Waals surface area contributed by atoms with Gasteiger partial charge in [0.05, 0.1) is 19.5 Å². The van der Waals surface area contributed by atoms with Crippen molar-refractivity contribution < 1.29 is 17.0 Å². The highest BCUT2D eigenvalue weighted by atomic mass is 32.2. The Morgan fingerprint density at radius 1 is 1.56 bits per heavy atom. The second-order valence-corrected chi connectivity index (χ2v) is 3.21. The second kappa shape index (κ2) is 3.79. The van der Waals surface area contributed by atoms with Crippen LogP contribution in [0.4, 0.5) is 4.39 Å². The maximum atomic E-state index is 11.3. The van der Waals surface area contributed by atoms with E-state index in [1.807, 2.05) is 0 Å². The average molecular weight is 156 g/mol. The first-order valence-corrected chi connectivity index (χ1v) is 4.28. The largest absolute Gasteiger partial charge is 0.270 e. The summed E-state index contributed by atoms with van der Waals surface area (Å²) in [6.07, 6.45) is 1.07. The Morgan fingerprint density at radius 2 is 2.11 bits per heavy atom. The summed E-state index contributed by atoms with van der Waals surface area (Å²) in [5.74, 6) is 0. The van der Waals surface area contributed by atoms with E-state index >= 15 is 0 Å². The molecule has 0 aromatic rings. The summed E-state index contributed by atoms with van der Waals surface area (Å²) in [7, 11) is -3.36. The van der Waals surface area contributed by atoms with Gasteiger partial charge in [0.1, 0.15) is 0 Å². The molecule has 0 rings (SSSR count). The van der Waals surface area contributed by atoms with Crippen LogP contribution in [0, 0.1) is 0 Å². The van der Waals surface area contributed by atoms with Gasteiger partial charge in [0, 0.05) is 6.42 Å². The first-order chi connectivity index (χ1) is 4.06. The smallest absolute Gasteiger partial charge is 0.264 e. The number of hydrogen-bond acceptors (Lipinski definition) is 3. The number of rotatable bonds is 4. The molecule has 56 valence electrons. The van der Waals surface area contributed by atoms with E-state index in [0.717, 1.165) is 6.26 Å². The van der Waals surface area contributed by atoms with Crippen molar-refractivity contribution in [3.63, 3.8) is 0 Å². The highest BCUT2D eigenvalue weighted by Crippen LogP contribution is 1.89. The first kappa shape index (κ1) is 8.84. The van der Waals surface area contributed by atoms with Gasteiger partial charge < -0.3 is 0 Å². The van der Waals surface area contributed by atoms with Gasteiger partial charge in [-0.1, -0.05) is 0 Å². The third kappa shape index (κ3) is 7.84. The molecular weight excluding hydrogens is 147 g/mol. The fourth-order valence-corrected chi connectivity index (χ4v) is 0.685. The molecule has 0 aliphatic carbocycles. The standard InChI is InChI=1S/C4H9FO3S/c1-9(6,7)8-4-2-3-5/h2-4H2,1H3. The highest BCUT2D eigenvalue weighted by Gasteiger charge is 1.98. The Balaban J connectivity index is 3.30. The second-order valence-electron chi connectivity index (χ2n) is 1.57. The van der Waals surface area contributed by atoms with Crippen molar-refractivity contribution in [1.82, 2.24) is 0 Å². The monoisotopic (exact) mass is 156 g/mol. The molecule has 0 unspecified atom stereocenters. The van der Waals surface area contributed by atoms with Gasteiger partial charge in [-0.15, -0.1) is 0 Å². The van der Waals surface area contributed by atoms with Crippen molar-refractivity contribution in [2.45, 2.75) is 6.42 Å². The van der Waals surface area contributed by atoms with Crippen molar-refractivity contribution in [2.75, 3.05) is 19.5 Å². The van der Waals surface area contributed by atoms with E-state index in [0.29, 0.717) is 0 Å². The van der Waals surface area contributed by atoms with Crippen molar-refractivity contribution >= 4 is 10.1 Å². The zero-order valence-corrected chi connectivity index (χ0v) is 5.95. The van der Waals surface area contributed by atoms with Gasteiger partial charge in [-0.3, -0.25) is 8.57 Å². The van der Waals surface area contributed by atoms with Crippen molar-refractivity contribution in [3.8, 4) is 0 Å². The molecule has 0 aliphatic rings. The van der Waals surface area contributed by atoms with Crippen LogP contribution >= 0.6 is 0 Å². The lowest BCUT2D eigenvalue weighted by Gasteiger charge is -1.95.